The molecular formula is C14H29N. The van der Waals surface area contributed by atoms with Gasteiger partial charge < -0.3 is 5.32 Å². The van der Waals surface area contributed by atoms with E-state index in [0.29, 0.717) is 6.04 Å². The maximum Gasteiger partial charge on any atom is 0.0252 e. The second-order valence-corrected chi connectivity index (χ2v) is 4.65. The van der Waals surface area contributed by atoms with E-state index in [1.165, 1.54) is 44.1 Å². The van der Waals surface area contributed by atoms with Gasteiger partial charge in [-0.1, -0.05) is 51.2 Å². The van der Waals surface area contributed by atoms with Crippen LogP contribution in [0.4, 0.5) is 0 Å². The molecule has 0 aromatic carbocycles. The minimum atomic E-state index is 0.604. The van der Waals surface area contributed by atoms with Gasteiger partial charge in [-0.25, -0.2) is 0 Å². The van der Waals surface area contributed by atoms with Crippen LogP contribution >= 0.6 is 0 Å². The lowest BCUT2D eigenvalue weighted by Crippen LogP contribution is -2.28. The molecule has 0 spiro atoms. The Morgan fingerprint density at radius 1 is 1.07 bits per heavy atom. The van der Waals surface area contributed by atoms with Gasteiger partial charge in [0.25, 0.3) is 0 Å². The molecule has 1 N–H and O–H groups in total. The molecule has 0 saturated carbocycles. The average molecular weight is 211 g/mol. The molecule has 0 heterocycles. The zero-order chi connectivity index (χ0) is 11.5. The third-order valence-electron chi connectivity index (χ3n) is 2.56. The normalized spacial score (nSPS) is 12.5. The fourth-order valence-electron chi connectivity index (χ4n) is 1.77. The summed E-state index contributed by atoms with van der Waals surface area (Å²) in [6.45, 7) is 10.0. The summed E-state index contributed by atoms with van der Waals surface area (Å²) in [6.07, 6.45) is 10.4. The van der Waals surface area contributed by atoms with E-state index < -0.39 is 0 Å². The first-order chi connectivity index (χ1) is 7.20. The molecule has 1 unspecified atom stereocenters. The van der Waals surface area contributed by atoms with Crippen LogP contribution < -0.4 is 5.32 Å². The quantitative estimate of drug-likeness (QED) is 0.443. The third kappa shape index (κ3) is 9.99. The molecule has 1 heteroatoms. The third-order valence-corrected chi connectivity index (χ3v) is 2.56. The minimum absolute atomic E-state index is 0.604. The highest BCUT2D eigenvalue weighted by atomic mass is 14.9. The number of allylic oxidation sites excluding steroid dienone is 1. The number of unbranched alkanes of at least 4 members (excludes halogenated alkanes) is 3. The number of nitrogens with one attached hydrogen (secondary N) is 1. The molecule has 0 aliphatic carbocycles. The van der Waals surface area contributed by atoms with Gasteiger partial charge >= 0.3 is 0 Å². The predicted octanol–water partition coefficient (Wildman–Crippen LogP) is 4.29. The molecule has 0 aromatic heterocycles. The minimum Gasteiger partial charge on any atom is -0.311 e. The van der Waals surface area contributed by atoms with Crippen LogP contribution in [0, 0.1) is 0 Å². The van der Waals surface area contributed by atoms with Crippen molar-refractivity contribution in [3.63, 3.8) is 0 Å². The van der Waals surface area contributed by atoms with E-state index >= 15 is 0 Å². The van der Waals surface area contributed by atoms with Crippen LogP contribution in [0.25, 0.3) is 0 Å². The molecule has 0 amide bonds. The zero-order valence-corrected chi connectivity index (χ0v) is 11.1. The van der Waals surface area contributed by atoms with Crippen LogP contribution in [0.3, 0.4) is 0 Å². The maximum absolute atomic E-state index is 3.60. The van der Waals surface area contributed by atoms with Crippen molar-refractivity contribution in [1.29, 1.82) is 0 Å². The van der Waals surface area contributed by atoms with Crippen molar-refractivity contribution in [2.75, 3.05) is 6.54 Å². The lowest BCUT2D eigenvalue weighted by Gasteiger charge is -2.15. The Bertz CT molecular complexity index is 157. The molecule has 0 aliphatic rings. The van der Waals surface area contributed by atoms with Crippen LogP contribution in [-0.4, -0.2) is 12.6 Å². The summed E-state index contributed by atoms with van der Waals surface area (Å²) in [5.74, 6) is 0. The van der Waals surface area contributed by atoms with Crippen LogP contribution in [0.15, 0.2) is 11.6 Å². The molecule has 90 valence electrons. The second kappa shape index (κ2) is 10.2. The highest BCUT2D eigenvalue weighted by Gasteiger charge is 2.03. The molecule has 0 bridgehead atoms. The fraction of sp³-hybridized carbons (Fsp3) is 0.857. The van der Waals surface area contributed by atoms with Gasteiger partial charge in [0, 0.05) is 6.04 Å². The van der Waals surface area contributed by atoms with Crippen molar-refractivity contribution >= 4 is 0 Å². The largest absolute Gasteiger partial charge is 0.311 e. The second-order valence-electron chi connectivity index (χ2n) is 4.65. The van der Waals surface area contributed by atoms with Crippen molar-refractivity contribution in [3.8, 4) is 0 Å². The Hall–Kier alpha value is -0.300. The molecule has 15 heavy (non-hydrogen) atoms. The van der Waals surface area contributed by atoms with Crippen molar-refractivity contribution in [2.24, 2.45) is 0 Å². The molecule has 1 atom stereocenters. The predicted molar refractivity (Wildman–Crippen MR) is 70.3 cm³/mol. The number of hydrogen-bond donors (Lipinski definition) is 1. The summed E-state index contributed by atoms with van der Waals surface area (Å²) in [6, 6.07) is 0.604. The van der Waals surface area contributed by atoms with E-state index in [2.05, 4.69) is 39.1 Å². The first-order valence-corrected chi connectivity index (χ1v) is 6.59. The maximum atomic E-state index is 3.60. The summed E-state index contributed by atoms with van der Waals surface area (Å²) in [7, 11) is 0. The van der Waals surface area contributed by atoms with Gasteiger partial charge in [-0.05, 0) is 33.2 Å². The SMILES string of the molecule is CCCCCCC(C=C(C)C)NCCC. The fourth-order valence-corrected chi connectivity index (χ4v) is 1.77. The lowest BCUT2D eigenvalue weighted by atomic mass is 10.1. The molecule has 0 saturated heterocycles. The van der Waals surface area contributed by atoms with Crippen LogP contribution in [0.5, 0.6) is 0 Å². The first kappa shape index (κ1) is 14.7. The van der Waals surface area contributed by atoms with Gasteiger partial charge in [-0.3, -0.25) is 0 Å². The Morgan fingerprint density at radius 2 is 1.80 bits per heavy atom. The lowest BCUT2D eigenvalue weighted by molar-refractivity contribution is 0.514. The standard InChI is InChI=1S/C14H29N/c1-5-7-8-9-10-14(12-13(3)4)15-11-6-2/h12,14-15H,5-11H2,1-4H3. The van der Waals surface area contributed by atoms with Gasteiger partial charge in [0.2, 0.25) is 0 Å². The summed E-state index contributed by atoms with van der Waals surface area (Å²) in [4.78, 5) is 0. The molecule has 0 aliphatic heterocycles. The van der Waals surface area contributed by atoms with Crippen molar-refractivity contribution < 1.29 is 0 Å². The van der Waals surface area contributed by atoms with Gasteiger partial charge in [0.05, 0.1) is 0 Å². The highest BCUT2D eigenvalue weighted by molar-refractivity contribution is 5.00. The average Bonchev–Trinajstić information content (AvgIpc) is 2.19. The van der Waals surface area contributed by atoms with Crippen LogP contribution in [0.1, 0.15) is 66.2 Å². The van der Waals surface area contributed by atoms with E-state index in [-0.39, 0.29) is 0 Å². The summed E-state index contributed by atoms with van der Waals surface area (Å²) in [5, 5.41) is 3.60. The molecule has 0 radical (unpaired) electrons. The van der Waals surface area contributed by atoms with Gasteiger partial charge in [-0.2, -0.15) is 0 Å². The molecular weight excluding hydrogens is 182 g/mol. The van der Waals surface area contributed by atoms with E-state index in [0.717, 1.165) is 6.54 Å². The number of hydrogen-bond acceptors (Lipinski definition) is 1. The Kier molecular flexibility index (Phi) is 10.0. The molecule has 0 aromatic rings. The summed E-state index contributed by atoms with van der Waals surface area (Å²) >= 11 is 0. The van der Waals surface area contributed by atoms with Crippen molar-refractivity contribution in [1.82, 2.24) is 5.32 Å². The first-order valence-electron chi connectivity index (χ1n) is 6.59. The van der Waals surface area contributed by atoms with Gasteiger partial charge in [-0.15, -0.1) is 0 Å². The van der Waals surface area contributed by atoms with E-state index in [4.69, 9.17) is 0 Å². The van der Waals surface area contributed by atoms with Crippen LogP contribution in [0.2, 0.25) is 0 Å². The van der Waals surface area contributed by atoms with Crippen molar-refractivity contribution in [2.45, 2.75) is 72.3 Å². The summed E-state index contributed by atoms with van der Waals surface area (Å²) in [5.41, 5.74) is 1.43. The molecule has 1 nitrogen and oxygen atoms in total. The zero-order valence-electron chi connectivity index (χ0n) is 11.1. The van der Waals surface area contributed by atoms with Crippen LogP contribution in [-0.2, 0) is 0 Å². The monoisotopic (exact) mass is 211 g/mol. The topological polar surface area (TPSA) is 12.0 Å². The number of rotatable bonds is 9. The van der Waals surface area contributed by atoms with E-state index in [1.807, 2.05) is 0 Å². The summed E-state index contributed by atoms with van der Waals surface area (Å²) < 4.78 is 0. The molecule has 0 rings (SSSR count). The Morgan fingerprint density at radius 3 is 2.33 bits per heavy atom. The van der Waals surface area contributed by atoms with Gasteiger partial charge in [0.15, 0.2) is 0 Å². The Labute approximate surface area is 96.3 Å². The highest BCUT2D eigenvalue weighted by Crippen LogP contribution is 2.08. The molecule has 0 fully saturated rings. The van der Waals surface area contributed by atoms with E-state index in [1.54, 1.807) is 0 Å². The smallest absolute Gasteiger partial charge is 0.0252 e. The van der Waals surface area contributed by atoms with Gasteiger partial charge in [0.1, 0.15) is 0 Å². The Balaban J connectivity index is 3.75. The van der Waals surface area contributed by atoms with E-state index in [9.17, 15) is 0 Å². The van der Waals surface area contributed by atoms with Crippen molar-refractivity contribution in [3.05, 3.63) is 11.6 Å².